The van der Waals surface area contributed by atoms with Crippen molar-refractivity contribution in [1.82, 2.24) is 9.38 Å². The van der Waals surface area contributed by atoms with E-state index in [-0.39, 0.29) is 5.78 Å². The molecule has 0 atom stereocenters. The van der Waals surface area contributed by atoms with Gasteiger partial charge in [0.2, 0.25) is 0 Å². The van der Waals surface area contributed by atoms with Crippen LogP contribution in [0.15, 0.2) is 36.0 Å². The summed E-state index contributed by atoms with van der Waals surface area (Å²) in [6.07, 6.45) is 5.10. The molecule has 0 aliphatic carbocycles. The number of ketones is 1. The molecule has 1 aliphatic heterocycles. The highest BCUT2D eigenvalue weighted by Gasteiger charge is 2.16. The van der Waals surface area contributed by atoms with Crippen LogP contribution >= 0.6 is 11.3 Å². The lowest BCUT2D eigenvalue weighted by atomic mass is 10.0. The van der Waals surface area contributed by atoms with Gasteiger partial charge >= 0.3 is 0 Å². The molecular formula is C15H12N2O2S. The van der Waals surface area contributed by atoms with E-state index in [1.54, 1.807) is 11.3 Å². The summed E-state index contributed by atoms with van der Waals surface area (Å²) in [6.45, 7) is 0.713. The van der Waals surface area contributed by atoms with Crippen LogP contribution in [-0.2, 0) is 12.8 Å². The topological polar surface area (TPSA) is 43.6 Å². The highest BCUT2D eigenvalue weighted by Crippen LogP contribution is 2.26. The van der Waals surface area contributed by atoms with Crippen molar-refractivity contribution in [2.45, 2.75) is 12.8 Å². The van der Waals surface area contributed by atoms with Gasteiger partial charge in [-0.15, -0.1) is 11.3 Å². The average Bonchev–Trinajstić information content (AvgIpc) is 3.11. The maximum atomic E-state index is 12.3. The molecule has 20 heavy (non-hydrogen) atoms. The summed E-state index contributed by atoms with van der Waals surface area (Å²) < 4.78 is 7.40. The van der Waals surface area contributed by atoms with Crippen LogP contribution in [0.2, 0.25) is 0 Å². The van der Waals surface area contributed by atoms with Crippen molar-refractivity contribution in [2.75, 3.05) is 6.61 Å². The molecule has 1 aromatic carbocycles. The number of fused-ring (bicyclic) bond motifs is 2. The van der Waals surface area contributed by atoms with Gasteiger partial charge in [0.1, 0.15) is 5.75 Å². The summed E-state index contributed by atoms with van der Waals surface area (Å²) in [7, 11) is 0. The normalized spacial score (nSPS) is 13.4. The van der Waals surface area contributed by atoms with Gasteiger partial charge in [-0.25, -0.2) is 4.98 Å². The molecule has 0 unspecified atom stereocenters. The SMILES string of the molecule is O=C(Cc1cn2ccsc2n1)c1ccc2c(c1)CCO2. The first-order chi connectivity index (χ1) is 9.79. The summed E-state index contributed by atoms with van der Waals surface area (Å²) in [5, 5.41) is 1.98. The van der Waals surface area contributed by atoms with Crippen molar-refractivity contribution in [3.63, 3.8) is 0 Å². The number of carbonyl (C=O) groups is 1. The molecule has 0 amide bonds. The Kier molecular flexibility index (Phi) is 2.60. The van der Waals surface area contributed by atoms with E-state index in [0.717, 1.165) is 34.0 Å². The predicted octanol–water partition coefficient (Wildman–Crippen LogP) is 2.76. The molecule has 100 valence electrons. The Bertz CT molecular complexity index is 775. The maximum absolute atomic E-state index is 12.3. The second-order valence-corrected chi connectivity index (χ2v) is 5.72. The summed E-state index contributed by atoms with van der Waals surface area (Å²) in [5.41, 5.74) is 2.69. The van der Waals surface area contributed by atoms with Crippen LogP contribution in [0.25, 0.3) is 4.96 Å². The van der Waals surface area contributed by atoms with Gasteiger partial charge in [-0.3, -0.25) is 9.20 Å². The zero-order valence-corrected chi connectivity index (χ0v) is 11.5. The van der Waals surface area contributed by atoms with E-state index in [0.29, 0.717) is 13.0 Å². The van der Waals surface area contributed by atoms with E-state index < -0.39 is 0 Å². The van der Waals surface area contributed by atoms with E-state index in [2.05, 4.69) is 4.98 Å². The first-order valence-electron chi connectivity index (χ1n) is 6.49. The Morgan fingerprint density at radius 2 is 2.40 bits per heavy atom. The Labute approximate surface area is 119 Å². The van der Waals surface area contributed by atoms with Crippen LogP contribution in [0.1, 0.15) is 21.6 Å². The summed E-state index contributed by atoms with van der Waals surface area (Å²) >= 11 is 1.57. The number of imidazole rings is 1. The minimum absolute atomic E-state index is 0.102. The van der Waals surface area contributed by atoms with E-state index in [1.165, 1.54) is 0 Å². The lowest BCUT2D eigenvalue weighted by Crippen LogP contribution is -2.04. The number of ether oxygens (including phenoxy) is 1. The number of Topliss-reactive ketones (excluding diaryl/α,β-unsaturated/α-hetero) is 1. The van der Waals surface area contributed by atoms with Crippen molar-refractivity contribution in [3.05, 3.63) is 52.8 Å². The smallest absolute Gasteiger partial charge is 0.193 e. The minimum Gasteiger partial charge on any atom is -0.493 e. The standard InChI is InChI=1S/C15H12N2O2S/c18-13(8-12-9-17-4-6-20-15(17)16-12)10-1-2-14-11(7-10)3-5-19-14/h1-2,4,6-7,9H,3,5,8H2. The van der Waals surface area contributed by atoms with Crippen LogP contribution in [0.3, 0.4) is 0 Å². The molecule has 0 bridgehead atoms. The number of aromatic nitrogens is 2. The molecule has 0 N–H and O–H groups in total. The molecular weight excluding hydrogens is 272 g/mol. The average molecular weight is 284 g/mol. The number of thiazole rings is 1. The molecule has 4 nitrogen and oxygen atoms in total. The molecule has 3 aromatic rings. The Hall–Kier alpha value is -2.14. The van der Waals surface area contributed by atoms with Gasteiger partial charge in [0.15, 0.2) is 10.7 Å². The molecule has 0 spiro atoms. The zero-order valence-electron chi connectivity index (χ0n) is 10.7. The maximum Gasteiger partial charge on any atom is 0.193 e. The van der Waals surface area contributed by atoms with Crippen molar-refractivity contribution >= 4 is 22.1 Å². The van der Waals surface area contributed by atoms with Crippen LogP contribution in [0, 0.1) is 0 Å². The predicted molar refractivity (Wildman–Crippen MR) is 76.7 cm³/mol. The van der Waals surface area contributed by atoms with Crippen molar-refractivity contribution in [2.24, 2.45) is 0 Å². The fourth-order valence-electron chi connectivity index (χ4n) is 2.49. The fourth-order valence-corrected chi connectivity index (χ4v) is 3.21. The van der Waals surface area contributed by atoms with Crippen molar-refractivity contribution in [1.29, 1.82) is 0 Å². The molecule has 0 fully saturated rings. The van der Waals surface area contributed by atoms with Gasteiger partial charge < -0.3 is 4.74 Å². The fraction of sp³-hybridized carbons (Fsp3) is 0.200. The Balaban J connectivity index is 1.59. The van der Waals surface area contributed by atoms with Gasteiger partial charge in [0.25, 0.3) is 0 Å². The first-order valence-corrected chi connectivity index (χ1v) is 7.37. The molecule has 5 heteroatoms. The third kappa shape index (κ3) is 1.91. The number of benzene rings is 1. The third-order valence-corrected chi connectivity index (χ3v) is 4.27. The molecule has 1 aliphatic rings. The minimum atomic E-state index is 0.102. The monoisotopic (exact) mass is 284 g/mol. The summed E-state index contributed by atoms with van der Waals surface area (Å²) in [5.74, 6) is 1.01. The lowest BCUT2D eigenvalue weighted by molar-refractivity contribution is 0.0992. The first kappa shape index (κ1) is 11.7. The molecule has 3 heterocycles. The largest absolute Gasteiger partial charge is 0.493 e. The third-order valence-electron chi connectivity index (χ3n) is 3.50. The van der Waals surface area contributed by atoms with Crippen LogP contribution in [0.4, 0.5) is 0 Å². The van der Waals surface area contributed by atoms with Crippen LogP contribution < -0.4 is 4.74 Å². The van der Waals surface area contributed by atoms with Gasteiger partial charge in [-0.1, -0.05) is 0 Å². The quantitative estimate of drug-likeness (QED) is 0.695. The zero-order chi connectivity index (χ0) is 13.5. The number of hydrogen-bond acceptors (Lipinski definition) is 4. The number of carbonyl (C=O) groups excluding carboxylic acids is 1. The molecule has 4 rings (SSSR count). The number of rotatable bonds is 3. The van der Waals surface area contributed by atoms with Gasteiger partial charge in [0.05, 0.1) is 18.7 Å². The lowest BCUT2D eigenvalue weighted by Gasteiger charge is -2.02. The van der Waals surface area contributed by atoms with E-state index in [4.69, 9.17) is 4.74 Å². The van der Waals surface area contributed by atoms with Gasteiger partial charge in [-0.05, 0) is 23.8 Å². The molecule has 0 saturated heterocycles. The summed E-state index contributed by atoms with van der Waals surface area (Å²) in [4.78, 5) is 17.7. The second-order valence-electron chi connectivity index (χ2n) is 4.85. The highest BCUT2D eigenvalue weighted by atomic mass is 32.1. The highest BCUT2D eigenvalue weighted by molar-refractivity contribution is 7.15. The van der Waals surface area contributed by atoms with Crippen molar-refractivity contribution in [3.8, 4) is 5.75 Å². The second kappa shape index (κ2) is 4.45. The number of nitrogens with zero attached hydrogens (tertiary/aromatic N) is 2. The van der Waals surface area contributed by atoms with Gasteiger partial charge in [0, 0.05) is 29.8 Å². The van der Waals surface area contributed by atoms with Gasteiger partial charge in [-0.2, -0.15) is 0 Å². The Morgan fingerprint density at radius 1 is 1.45 bits per heavy atom. The molecule has 0 saturated carbocycles. The van der Waals surface area contributed by atoms with Crippen LogP contribution in [-0.4, -0.2) is 21.8 Å². The van der Waals surface area contributed by atoms with E-state index >= 15 is 0 Å². The van der Waals surface area contributed by atoms with Crippen molar-refractivity contribution < 1.29 is 9.53 Å². The Morgan fingerprint density at radius 3 is 3.30 bits per heavy atom. The van der Waals surface area contributed by atoms with Crippen LogP contribution in [0.5, 0.6) is 5.75 Å². The molecule has 0 radical (unpaired) electrons. The van der Waals surface area contributed by atoms with E-state index in [9.17, 15) is 4.79 Å². The number of hydrogen-bond donors (Lipinski definition) is 0. The summed E-state index contributed by atoms with van der Waals surface area (Å²) in [6, 6.07) is 5.68. The van der Waals surface area contributed by atoms with E-state index in [1.807, 2.05) is 40.4 Å². The molecule has 2 aromatic heterocycles.